The lowest BCUT2D eigenvalue weighted by atomic mass is 10.1. The van der Waals surface area contributed by atoms with Crippen molar-refractivity contribution < 1.29 is 5.11 Å². The molecule has 2 rings (SSSR count). The van der Waals surface area contributed by atoms with Crippen LogP contribution < -0.4 is 0 Å². The Balaban J connectivity index is 2.53. The van der Waals surface area contributed by atoms with Gasteiger partial charge in [0.1, 0.15) is 0 Å². The predicted octanol–water partition coefficient (Wildman–Crippen LogP) is 2.77. The average molecular weight is 275 g/mol. The van der Waals surface area contributed by atoms with Crippen molar-refractivity contribution in [1.29, 1.82) is 0 Å². The average Bonchev–Trinajstić information content (AvgIpc) is 2.94. The summed E-state index contributed by atoms with van der Waals surface area (Å²) in [7, 11) is 0. The Morgan fingerprint density at radius 1 is 1.32 bits per heavy atom. The van der Waals surface area contributed by atoms with Crippen LogP contribution in [0.2, 0.25) is 0 Å². The molecule has 0 atom stereocenters. The van der Waals surface area contributed by atoms with Crippen molar-refractivity contribution in [2.45, 2.75) is 20.3 Å². The van der Waals surface area contributed by atoms with Crippen LogP contribution in [-0.4, -0.2) is 26.5 Å². The summed E-state index contributed by atoms with van der Waals surface area (Å²) in [6.07, 6.45) is 4.11. The summed E-state index contributed by atoms with van der Waals surface area (Å²) >= 11 is 1.53. The lowest BCUT2D eigenvalue weighted by Crippen LogP contribution is -1.99. The summed E-state index contributed by atoms with van der Waals surface area (Å²) in [5.74, 6) is 0. The number of aryl methyl sites for hydroxylation is 1. The second kappa shape index (κ2) is 5.50. The van der Waals surface area contributed by atoms with Crippen LogP contribution >= 0.6 is 11.3 Å². The molecule has 0 fully saturated rings. The molecule has 2 heterocycles. The van der Waals surface area contributed by atoms with E-state index < -0.39 is 0 Å². The van der Waals surface area contributed by atoms with E-state index in [1.54, 1.807) is 12.2 Å². The van der Waals surface area contributed by atoms with Crippen molar-refractivity contribution in [2.75, 3.05) is 6.61 Å². The number of hydrogen-bond acceptors (Lipinski definition) is 4. The molecule has 0 unspecified atom stereocenters. The number of nitrogens with zero attached hydrogens (tertiary/aromatic N) is 3. The molecule has 0 aliphatic carbocycles. The number of aliphatic hydroxyl groups is 1. The van der Waals surface area contributed by atoms with Gasteiger partial charge in [-0.1, -0.05) is 24.5 Å². The molecule has 0 saturated carbocycles. The molecular formula is C14H17N3OS. The summed E-state index contributed by atoms with van der Waals surface area (Å²) < 4.78 is 1.82. The van der Waals surface area contributed by atoms with Crippen LogP contribution in [0.25, 0.3) is 17.3 Å². The van der Waals surface area contributed by atoms with Crippen molar-refractivity contribution in [3.05, 3.63) is 40.7 Å². The highest BCUT2D eigenvalue weighted by atomic mass is 32.1. The zero-order valence-electron chi connectivity index (χ0n) is 11.2. The van der Waals surface area contributed by atoms with E-state index in [9.17, 15) is 0 Å². The molecule has 2 aromatic rings. The molecule has 0 saturated heterocycles. The van der Waals surface area contributed by atoms with Crippen molar-refractivity contribution in [1.82, 2.24) is 14.8 Å². The molecule has 5 heteroatoms. The van der Waals surface area contributed by atoms with Gasteiger partial charge in [-0.25, -0.2) is 9.67 Å². The Hall–Kier alpha value is -1.72. The molecule has 0 amide bonds. The van der Waals surface area contributed by atoms with Crippen molar-refractivity contribution in [2.24, 2.45) is 0 Å². The SMILES string of the molecule is C=Cc1nc(-n2nc(C)c(CCO)c2C)sc1C=C. The summed E-state index contributed by atoms with van der Waals surface area (Å²) in [6.45, 7) is 11.6. The predicted molar refractivity (Wildman–Crippen MR) is 79.7 cm³/mol. The molecule has 0 aliphatic heterocycles. The first-order valence-electron chi connectivity index (χ1n) is 6.04. The molecular weight excluding hydrogens is 258 g/mol. The number of thiazole rings is 1. The topological polar surface area (TPSA) is 50.9 Å². The minimum absolute atomic E-state index is 0.126. The van der Waals surface area contributed by atoms with Gasteiger partial charge in [0.05, 0.1) is 16.3 Å². The molecule has 0 aliphatic rings. The summed E-state index contributed by atoms with van der Waals surface area (Å²) in [5, 5.41) is 14.4. The quantitative estimate of drug-likeness (QED) is 0.913. The van der Waals surface area contributed by atoms with Gasteiger partial charge < -0.3 is 5.11 Å². The van der Waals surface area contributed by atoms with Crippen LogP contribution in [0.15, 0.2) is 13.2 Å². The first-order valence-corrected chi connectivity index (χ1v) is 6.86. The van der Waals surface area contributed by atoms with Crippen molar-refractivity contribution in [3.8, 4) is 5.13 Å². The van der Waals surface area contributed by atoms with Crippen LogP contribution in [0.5, 0.6) is 0 Å². The summed E-state index contributed by atoms with van der Waals surface area (Å²) in [6, 6.07) is 0. The van der Waals surface area contributed by atoms with Crippen LogP contribution in [-0.2, 0) is 6.42 Å². The van der Waals surface area contributed by atoms with Crippen molar-refractivity contribution in [3.63, 3.8) is 0 Å². The number of rotatable bonds is 5. The van der Waals surface area contributed by atoms with Crippen LogP contribution in [0.4, 0.5) is 0 Å². The zero-order chi connectivity index (χ0) is 14.0. The van der Waals surface area contributed by atoms with Gasteiger partial charge in [-0.05, 0) is 38.0 Å². The van der Waals surface area contributed by atoms with Gasteiger partial charge in [0, 0.05) is 12.3 Å². The van der Waals surface area contributed by atoms with Gasteiger partial charge in [-0.15, -0.1) is 0 Å². The highest BCUT2D eigenvalue weighted by molar-refractivity contribution is 7.15. The molecule has 0 spiro atoms. The van der Waals surface area contributed by atoms with E-state index in [0.717, 1.165) is 32.7 Å². The van der Waals surface area contributed by atoms with Gasteiger partial charge in [0.15, 0.2) is 0 Å². The standard InChI is InChI=1S/C14H17N3OS/c1-5-12-13(6-2)19-14(15-12)17-10(4)11(7-8-18)9(3)16-17/h5-6,18H,1-2,7-8H2,3-4H3. The summed E-state index contributed by atoms with van der Waals surface area (Å²) in [4.78, 5) is 5.50. The molecule has 0 aromatic carbocycles. The highest BCUT2D eigenvalue weighted by Gasteiger charge is 2.15. The van der Waals surface area contributed by atoms with Crippen LogP contribution in [0.1, 0.15) is 27.5 Å². The van der Waals surface area contributed by atoms with Gasteiger partial charge in [-0.3, -0.25) is 0 Å². The number of hydrogen-bond donors (Lipinski definition) is 1. The summed E-state index contributed by atoms with van der Waals surface area (Å²) in [5.41, 5.74) is 3.86. The molecule has 1 N–H and O–H groups in total. The van der Waals surface area contributed by atoms with E-state index in [1.807, 2.05) is 18.5 Å². The maximum atomic E-state index is 9.10. The first kappa shape index (κ1) is 13.7. The van der Waals surface area contributed by atoms with Gasteiger partial charge in [0.2, 0.25) is 5.13 Å². The monoisotopic (exact) mass is 275 g/mol. The lowest BCUT2D eigenvalue weighted by molar-refractivity contribution is 0.299. The minimum Gasteiger partial charge on any atom is -0.396 e. The number of aliphatic hydroxyl groups excluding tert-OH is 1. The Morgan fingerprint density at radius 3 is 2.58 bits per heavy atom. The fourth-order valence-electron chi connectivity index (χ4n) is 2.05. The van der Waals surface area contributed by atoms with Crippen molar-refractivity contribution >= 4 is 23.5 Å². The third-order valence-electron chi connectivity index (χ3n) is 3.03. The van der Waals surface area contributed by atoms with E-state index in [-0.39, 0.29) is 6.61 Å². The minimum atomic E-state index is 0.126. The molecule has 4 nitrogen and oxygen atoms in total. The van der Waals surface area contributed by atoms with E-state index in [0.29, 0.717) is 6.42 Å². The second-order valence-corrected chi connectivity index (χ2v) is 5.20. The van der Waals surface area contributed by atoms with E-state index >= 15 is 0 Å². The third-order valence-corrected chi connectivity index (χ3v) is 4.08. The normalized spacial score (nSPS) is 10.7. The zero-order valence-corrected chi connectivity index (χ0v) is 12.0. The molecule has 0 radical (unpaired) electrons. The molecule has 19 heavy (non-hydrogen) atoms. The Kier molecular flexibility index (Phi) is 3.97. The fraction of sp³-hybridized carbons (Fsp3) is 0.286. The molecule has 2 aromatic heterocycles. The van der Waals surface area contributed by atoms with E-state index in [1.165, 1.54) is 11.3 Å². The maximum Gasteiger partial charge on any atom is 0.211 e. The molecule has 0 bridgehead atoms. The Morgan fingerprint density at radius 2 is 2.05 bits per heavy atom. The smallest absolute Gasteiger partial charge is 0.211 e. The van der Waals surface area contributed by atoms with Gasteiger partial charge in [0.25, 0.3) is 0 Å². The Bertz CT molecular complexity index is 599. The maximum absolute atomic E-state index is 9.10. The largest absolute Gasteiger partial charge is 0.396 e. The van der Waals surface area contributed by atoms with Crippen LogP contribution in [0.3, 0.4) is 0 Å². The second-order valence-electron chi connectivity index (χ2n) is 4.19. The van der Waals surface area contributed by atoms with Crippen LogP contribution in [0, 0.1) is 13.8 Å². The van der Waals surface area contributed by atoms with Gasteiger partial charge in [-0.2, -0.15) is 5.10 Å². The lowest BCUT2D eigenvalue weighted by Gasteiger charge is -2.00. The fourth-order valence-corrected chi connectivity index (χ4v) is 2.97. The van der Waals surface area contributed by atoms with E-state index in [2.05, 4.69) is 23.2 Å². The van der Waals surface area contributed by atoms with E-state index in [4.69, 9.17) is 5.11 Å². The van der Waals surface area contributed by atoms with Gasteiger partial charge >= 0.3 is 0 Å². The highest BCUT2D eigenvalue weighted by Crippen LogP contribution is 2.26. The first-order chi connectivity index (χ1) is 9.12. The Labute approximate surface area is 116 Å². The third kappa shape index (κ3) is 2.39. The molecule has 100 valence electrons. The number of aromatic nitrogens is 3.